The summed E-state index contributed by atoms with van der Waals surface area (Å²) in [4.78, 5) is 50.4. The quantitative estimate of drug-likeness (QED) is 0.0991. The highest BCUT2D eigenvalue weighted by atomic mass is 35.5. The number of halogens is 2. The highest BCUT2D eigenvalue weighted by Gasteiger charge is 2.38. The molecule has 0 unspecified atom stereocenters. The van der Waals surface area contributed by atoms with Crippen LogP contribution >= 0.6 is 23.2 Å². The Bertz CT molecular complexity index is 1660. The number of hydrogen-bond donors (Lipinski definition) is 0. The van der Waals surface area contributed by atoms with Gasteiger partial charge in [-0.15, -0.1) is 0 Å². The number of ether oxygens (including phenoxy) is 2. The van der Waals surface area contributed by atoms with Gasteiger partial charge in [-0.3, -0.25) is 19.7 Å². The van der Waals surface area contributed by atoms with Gasteiger partial charge in [0.15, 0.2) is 0 Å². The molecule has 1 heterocycles. The Labute approximate surface area is 237 Å². The van der Waals surface area contributed by atoms with Crippen LogP contribution in [-0.2, 0) is 11.3 Å². The molecule has 0 radical (unpaired) electrons. The maximum atomic E-state index is 13.1. The second kappa shape index (κ2) is 10.8. The van der Waals surface area contributed by atoms with Crippen LogP contribution in [0.4, 0.5) is 11.4 Å². The van der Waals surface area contributed by atoms with Crippen molar-refractivity contribution in [2.24, 2.45) is 0 Å². The van der Waals surface area contributed by atoms with Gasteiger partial charge >= 0.3 is 5.97 Å². The molecule has 0 aliphatic carbocycles. The van der Waals surface area contributed by atoms with Crippen molar-refractivity contribution in [1.82, 2.24) is 0 Å². The van der Waals surface area contributed by atoms with E-state index in [9.17, 15) is 24.5 Å². The zero-order chi connectivity index (χ0) is 28.6. The number of nitro groups is 1. The third kappa shape index (κ3) is 5.25. The van der Waals surface area contributed by atoms with E-state index in [4.69, 9.17) is 32.7 Å². The number of imide groups is 1. The average Bonchev–Trinajstić information content (AvgIpc) is 3.17. The van der Waals surface area contributed by atoms with Crippen molar-refractivity contribution in [3.63, 3.8) is 0 Å². The number of nitro benzene ring substituents is 1. The van der Waals surface area contributed by atoms with Gasteiger partial charge in [0.1, 0.15) is 18.1 Å². The smallest absolute Gasteiger partial charge is 0.338 e. The van der Waals surface area contributed by atoms with Gasteiger partial charge in [0.25, 0.3) is 17.5 Å². The van der Waals surface area contributed by atoms with Crippen LogP contribution < -0.4 is 9.64 Å². The van der Waals surface area contributed by atoms with E-state index in [0.717, 1.165) is 4.90 Å². The maximum absolute atomic E-state index is 13.1. The number of benzene rings is 4. The molecular formula is C29H18Cl2N2O7. The Morgan fingerprint density at radius 1 is 0.875 bits per heavy atom. The molecule has 2 amide bonds. The summed E-state index contributed by atoms with van der Waals surface area (Å²) in [5.41, 5.74) is 1.82. The maximum Gasteiger partial charge on any atom is 0.338 e. The van der Waals surface area contributed by atoms with Gasteiger partial charge in [-0.1, -0.05) is 41.4 Å². The zero-order valence-electron chi connectivity index (χ0n) is 20.7. The molecule has 9 nitrogen and oxygen atoms in total. The Morgan fingerprint density at radius 2 is 1.52 bits per heavy atom. The molecule has 1 aliphatic heterocycles. The molecule has 0 saturated carbocycles. The lowest BCUT2D eigenvalue weighted by Crippen LogP contribution is -2.30. The molecule has 0 saturated heterocycles. The molecule has 11 heteroatoms. The van der Waals surface area contributed by atoms with Crippen LogP contribution in [0.3, 0.4) is 0 Å². The highest BCUT2D eigenvalue weighted by Crippen LogP contribution is 2.35. The summed E-state index contributed by atoms with van der Waals surface area (Å²) in [5.74, 6) is -0.949. The van der Waals surface area contributed by atoms with E-state index in [2.05, 4.69) is 0 Å². The molecule has 0 spiro atoms. The highest BCUT2D eigenvalue weighted by molar-refractivity contribution is 6.44. The molecule has 0 atom stereocenters. The number of hydrogen-bond acceptors (Lipinski definition) is 7. The van der Waals surface area contributed by atoms with Crippen molar-refractivity contribution in [1.29, 1.82) is 0 Å². The number of anilines is 1. The van der Waals surface area contributed by atoms with Crippen LogP contribution in [0.25, 0.3) is 0 Å². The minimum absolute atomic E-state index is 0.0518. The number of fused-ring (bicyclic) bond motifs is 1. The molecule has 0 fully saturated rings. The van der Waals surface area contributed by atoms with Crippen LogP contribution in [0.15, 0.2) is 78.9 Å². The van der Waals surface area contributed by atoms with Gasteiger partial charge in [0.05, 0.1) is 37.3 Å². The predicted molar refractivity (Wildman–Crippen MR) is 148 cm³/mol. The summed E-state index contributed by atoms with van der Waals surface area (Å²) in [6.45, 7) is 1.63. The molecule has 0 aromatic heterocycles. The Kier molecular flexibility index (Phi) is 7.25. The minimum atomic E-state index is -0.661. The van der Waals surface area contributed by atoms with Gasteiger partial charge in [0, 0.05) is 12.1 Å². The first kappa shape index (κ1) is 26.9. The second-order valence-corrected chi connectivity index (χ2v) is 9.65. The second-order valence-electron chi connectivity index (χ2n) is 8.84. The summed E-state index contributed by atoms with van der Waals surface area (Å²) >= 11 is 12.1. The lowest BCUT2D eigenvalue weighted by atomic mass is 10.1. The first-order valence-electron chi connectivity index (χ1n) is 11.8. The van der Waals surface area contributed by atoms with Crippen LogP contribution in [0.5, 0.6) is 11.5 Å². The lowest BCUT2D eigenvalue weighted by molar-refractivity contribution is -0.384. The average molecular weight is 577 g/mol. The van der Waals surface area contributed by atoms with E-state index in [0.29, 0.717) is 22.6 Å². The lowest BCUT2D eigenvalue weighted by Gasteiger charge is -2.17. The predicted octanol–water partition coefficient (Wildman–Crippen LogP) is 7.16. The summed E-state index contributed by atoms with van der Waals surface area (Å²) in [5, 5.41) is 11.1. The fourth-order valence-electron chi connectivity index (χ4n) is 4.13. The molecule has 40 heavy (non-hydrogen) atoms. The molecule has 0 bridgehead atoms. The number of amides is 2. The summed E-state index contributed by atoms with van der Waals surface area (Å²) in [6, 6.07) is 19.8. The number of carbonyl (C=O) groups excluding carboxylic acids is 3. The van der Waals surface area contributed by atoms with E-state index in [-0.39, 0.29) is 44.7 Å². The van der Waals surface area contributed by atoms with Crippen molar-refractivity contribution in [2.75, 3.05) is 4.90 Å². The van der Waals surface area contributed by atoms with Gasteiger partial charge in [-0.25, -0.2) is 9.69 Å². The number of aryl methyl sites for hydroxylation is 1. The first-order chi connectivity index (χ1) is 19.1. The molecule has 4 aromatic rings. The fraction of sp³-hybridized carbons (Fsp3) is 0.0690. The Balaban J connectivity index is 1.29. The van der Waals surface area contributed by atoms with Gasteiger partial charge < -0.3 is 9.47 Å². The van der Waals surface area contributed by atoms with Gasteiger partial charge in [-0.2, -0.15) is 0 Å². The molecule has 200 valence electrons. The zero-order valence-corrected chi connectivity index (χ0v) is 22.2. The van der Waals surface area contributed by atoms with Crippen LogP contribution in [0.2, 0.25) is 10.0 Å². The molecular weight excluding hydrogens is 559 g/mol. The third-order valence-corrected chi connectivity index (χ3v) is 6.89. The Hall–Kier alpha value is -4.73. The summed E-state index contributed by atoms with van der Waals surface area (Å²) in [6.07, 6.45) is 0. The van der Waals surface area contributed by atoms with Crippen LogP contribution in [0, 0.1) is 17.0 Å². The Morgan fingerprint density at radius 3 is 2.15 bits per heavy atom. The summed E-state index contributed by atoms with van der Waals surface area (Å²) < 4.78 is 11.2. The van der Waals surface area contributed by atoms with Crippen LogP contribution in [0.1, 0.15) is 42.2 Å². The van der Waals surface area contributed by atoms with Crippen molar-refractivity contribution in [3.05, 3.63) is 127 Å². The van der Waals surface area contributed by atoms with Crippen molar-refractivity contribution in [3.8, 4) is 11.5 Å². The number of rotatable bonds is 7. The van der Waals surface area contributed by atoms with Crippen molar-refractivity contribution in [2.45, 2.75) is 13.5 Å². The molecule has 4 aromatic carbocycles. The van der Waals surface area contributed by atoms with E-state index in [1.54, 1.807) is 43.3 Å². The standard InChI is InChI=1S/C29H18Cl2N2O7/c1-16-5-6-18(12-26(16)32-27(34)22-13-24(30)25(31)14-23(22)28(32)35)29(36)39-15-17-3-2-4-21(11-17)40-20-9-7-19(8-10-20)33(37)38/h2-14H,15H2,1H3. The number of carbonyl (C=O) groups is 3. The van der Waals surface area contributed by atoms with E-state index in [1.165, 1.54) is 42.5 Å². The SMILES string of the molecule is Cc1ccc(C(=O)OCc2cccc(Oc3ccc([N+](=O)[O-])cc3)c2)cc1N1C(=O)c2cc(Cl)c(Cl)cc2C1=O. The largest absolute Gasteiger partial charge is 0.457 e. The first-order valence-corrected chi connectivity index (χ1v) is 12.5. The van der Waals surface area contributed by atoms with E-state index in [1.807, 2.05) is 0 Å². The van der Waals surface area contributed by atoms with Gasteiger partial charge in [0.2, 0.25) is 0 Å². The number of non-ortho nitro benzene ring substituents is 1. The number of nitrogens with zero attached hydrogens (tertiary/aromatic N) is 2. The topological polar surface area (TPSA) is 116 Å². The van der Waals surface area contributed by atoms with Crippen LogP contribution in [-0.4, -0.2) is 22.7 Å². The summed E-state index contributed by atoms with van der Waals surface area (Å²) in [7, 11) is 0. The monoisotopic (exact) mass is 576 g/mol. The van der Waals surface area contributed by atoms with E-state index >= 15 is 0 Å². The van der Waals surface area contributed by atoms with E-state index < -0.39 is 22.7 Å². The molecule has 5 rings (SSSR count). The van der Waals surface area contributed by atoms with Crippen molar-refractivity contribution >= 4 is 52.4 Å². The third-order valence-electron chi connectivity index (χ3n) is 6.16. The minimum Gasteiger partial charge on any atom is -0.457 e. The fourth-order valence-corrected chi connectivity index (χ4v) is 4.46. The number of esters is 1. The van der Waals surface area contributed by atoms with Crippen molar-refractivity contribution < 1.29 is 28.8 Å². The van der Waals surface area contributed by atoms with Gasteiger partial charge in [-0.05, 0) is 66.6 Å². The molecule has 0 N–H and O–H groups in total. The normalized spacial score (nSPS) is 12.3. The molecule has 1 aliphatic rings.